The van der Waals surface area contributed by atoms with Crippen molar-refractivity contribution in [3.8, 4) is 11.8 Å². The van der Waals surface area contributed by atoms with Gasteiger partial charge in [-0.2, -0.15) is 5.26 Å². The van der Waals surface area contributed by atoms with Crippen molar-refractivity contribution in [2.45, 2.75) is 26.9 Å². The monoisotopic (exact) mass is 430 g/mol. The number of aryl methyl sites for hydroxylation is 2. The zero-order valence-electron chi connectivity index (χ0n) is 17.5. The number of nitrogens with zero attached hydrogens (tertiary/aromatic N) is 1. The van der Waals surface area contributed by atoms with E-state index >= 15 is 0 Å². The Bertz CT molecular complexity index is 1140. The number of anilines is 1. The van der Waals surface area contributed by atoms with Gasteiger partial charge >= 0.3 is 0 Å². The molecular weight excluding hydrogens is 408 g/mol. The minimum atomic E-state index is -0.470. The lowest BCUT2D eigenvalue weighted by atomic mass is 10.1. The molecule has 0 aliphatic heterocycles. The van der Waals surface area contributed by atoms with E-state index in [9.17, 15) is 10.1 Å². The molecule has 0 unspecified atom stereocenters. The molecule has 3 aromatic carbocycles. The summed E-state index contributed by atoms with van der Waals surface area (Å²) in [6, 6.07) is 22.7. The lowest BCUT2D eigenvalue weighted by Crippen LogP contribution is -2.13. The molecule has 0 aromatic heterocycles. The molecule has 4 nitrogen and oxygen atoms in total. The van der Waals surface area contributed by atoms with Gasteiger partial charge in [-0.05, 0) is 60.4 Å². The molecule has 0 radical (unpaired) electrons. The molecule has 5 heteroatoms. The summed E-state index contributed by atoms with van der Waals surface area (Å²) in [5.41, 5.74) is 4.66. The number of carbonyl (C=O) groups excluding carboxylic acids is 1. The van der Waals surface area contributed by atoms with Crippen molar-refractivity contribution in [1.29, 1.82) is 5.26 Å². The van der Waals surface area contributed by atoms with E-state index in [1.807, 2.05) is 55.5 Å². The highest BCUT2D eigenvalue weighted by Gasteiger charge is 2.11. The van der Waals surface area contributed by atoms with Crippen LogP contribution in [-0.2, 0) is 17.8 Å². The van der Waals surface area contributed by atoms with Crippen LogP contribution in [0.15, 0.2) is 72.3 Å². The summed E-state index contributed by atoms with van der Waals surface area (Å²) in [5.74, 6) is 0.0712. The van der Waals surface area contributed by atoms with E-state index < -0.39 is 5.91 Å². The summed E-state index contributed by atoms with van der Waals surface area (Å²) in [6.45, 7) is 4.49. The molecule has 0 atom stereocenters. The van der Waals surface area contributed by atoms with Crippen molar-refractivity contribution < 1.29 is 9.53 Å². The van der Waals surface area contributed by atoms with E-state index in [0.717, 1.165) is 17.5 Å². The van der Waals surface area contributed by atoms with E-state index in [-0.39, 0.29) is 5.57 Å². The van der Waals surface area contributed by atoms with Crippen molar-refractivity contribution in [1.82, 2.24) is 0 Å². The first-order chi connectivity index (χ1) is 15.0. The third-order valence-corrected chi connectivity index (χ3v) is 5.02. The van der Waals surface area contributed by atoms with E-state index in [2.05, 4.69) is 18.3 Å². The number of benzene rings is 3. The summed E-state index contributed by atoms with van der Waals surface area (Å²) < 4.78 is 5.81. The van der Waals surface area contributed by atoms with Gasteiger partial charge in [0.15, 0.2) is 0 Å². The molecule has 0 saturated carbocycles. The second-order valence-electron chi connectivity index (χ2n) is 7.14. The number of nitriles is 1. The molecule has 3 rings (SSSR count). The van der Waals surface area contributed by atoms with E-state index in [1.54, 1.807) is 18.2 Å². The third kappa shape index (κ3) is 6.21. The topological polar surface area (TPSA) is 62.1 Å². The van der Waals surface area contributed by atoms with Crippen LogP contribution in [0.25, 0.3) is 6.08 Å². The number of carbonyl (C=O) groups is 1. The Labute approximate surface area is 187 Å². The average molecular weight is 431 g/mol. The number of amides is 1. The first-order valence-electron chi connectivity index (χ1n) is 9.98. The first kappa shape index (κ1) is 22.1. The lowest BCUT2D eigenvalue weighted by Gasteiger charge is -2.09. The first-order valence-corrected chi connectivity index (χ1v) is 10.4. The summed E-state index contributed by atoms with van der Waals surface area (Å²) in [6.07, 6.45) is 2.43. The fourth-order valence-corrected chi connectivity index (χ4v) is 3.27. The maximum Gasteiger partial charge on any atom is 0.266 e. The molecule has 31 heavy (non-hydrogen) atoms. The second-order valence-corrected chi connectivity index (χ2v) is 7.55. The highest BCUT2D eigenvalue weighted by Crippen LogP contribution is 2.27. The van der Waals surface area contributed by atoms with E-state index in [4.69, 9.17) is 16.3 Å². The average Bonchev–Trinajstić information content (AvgIpc) is 2.77. The van der Waals surface area contributed by atoms with Gasteiger partial charge in [0.25, 0.3) is 5.91 Å². The van der Waals surface area contributed by atoms with Crippen molar-refractivity contribution in [2.75, 3.05) is 5.32 Å². The standard InChI is InChI=1S/C26H23ClN2O2/c1-3-19-7-10-23(11-8-19)29-26(30)22(16-28)14-20-9-12-25(24(27)15-20)31-17-21-6-4-5-18(2)13-21/h4-15H,3,17H2,1-2H3,(H,29,30)/b22-14+. The number of hydrogen-bond acceptors (Lipinski definition) is 3. The van der Waals surface area contributed by atoms with Gasteiger partial charge in [0.1, 0.15) is 24.0 Å². The van der Waals surface area contributed by atoms with Crippen LogP contribution in [0, 0.1) is 18.3 Å². The van der Waals surface area contributed by atoms with Crippen molar-refractivity contribution in [3.63, 3.8) is 0 Å². The zero-order chi connectivity index (χ0) is 22.2. The predicted molar refractivity (Wildman–Crippen MR) is 125 cm³/mol. The number of ether oxygens (including phenoxy) is 1. The highest BCUT2D eigenvalue weighted by molar-refractivity contribution is 6.32. The van der Waals surface area contributed by atoms with Crippen LogP contribution in [0.3, 0.4) is 0 Å². The summed E-state index contributed by atoms with van der Waals surface area (Å²) in [7, 11) is 0. The van der Waals surface area contributed by atoms with Crippen LogP contribution in [0.5, 0.6) is 5.75 Å². The molecule has 0 fully saturated rings. The molecule has 0 bridgehead atoms. The van der Waals surface area contributed by atoms with E-state index in [1.165, 1.54) is 11.6 Å². The van der Waals surface area contributed by atoms with Gasteiger partial charge < -0.3 is 10.1 Å². The number of hydrogen-bond donors (Lipinski definition) is 1. The molecule has 0 saturated heterocycles. The van der Waals surface area contributed by atoms with Crippen LogP contribution in [0.1, 0.15) is 29.2 Å². The van der Waals surface area contributed by atoms with Crippen molar-refractivity contribution in [2.24, 2.45) is 0 Å². The number of halogens is 1. The Balaban J connectivity index is 1.69. The molecule has 0 spiro atoms. The van der Waals surface area contributed by atoms with Crippen LogP contribution < -0.4 is 10.1 Å². The lowest BCUT2D eigenvalue weighted by molar-refractivity contribution is -0.112. The maximum atomic E-state index is 12.5. The summed E-state index contributed by atoms with van der Waals surface area (Å²) in [5, 5.41) is 12.6. The Morgan fingerprint density at radius 3 is 2.52 bits per heavy atom. The van der Waals surface area contributed by atoms with Gasteiger partial charge in [-0.15, -0.1) is 0 Å². The molecule has 0 aliphatic rings. The number of nitrogens with one attached hydrogen (secondary N) is 1. The number of rotatable bonds is 7. The molecule has 1 N–H and O–H groups in total. The minimum absolute atomic E-state index is 0.0101. The van der Waals surface area contributed by atoms with Gasteiger partial charge in [-0.3, -0.25) is 4.79 Å². The highest BCUT2D eigenvalue weighted by atomic mass is 35.5. The zero-order valence-corrected chi connectivity index (χ0v) is 18.2. The third-order valence-electron chi connectivity index (χ3n) is 4.73. The summed E-state index contributed by atoms with van der Waals surface area (Å²) in [4.78, 5) is 12.5. The van der Waals surface area contributed by atoms with Crippen LogP contribution >= 0.6 is 11.6 Å². The molecule has 1 amide bonds. The molecule has 3 aromatic rings. The van der Waals surface area contributed by atoms with Gasteiger partial charge in [0.05, 0.1) is 5.02 Å². The van der Waals surface area contributed by atoms with Crippen LogP contribution in [0.2, 0.25) is 5.02 Å². The van der Waals surface area contributed by atoms with Gasteiger partial charge in [-0.1, -0.05) is 66.6 Å². The molecule has 0 heterocycles. The van der Waals surface area contributed by atoms with Crippen molar-refractivity contribution in [3.05, 3.63) is 99.6 Å². The SMILES string of the molecule is CCc1ccc(NC(=O)/C(C#N)=C/c2ccc(OCc3cccc(C)c3)c(Cl)c2)cc1. The normalized spacial score (nSPS) is 11.0. The maximum absolute atomic E-state index is 12.5. The minimum Gasteiger partial charge on any atom is -0.487 e. The smallest absolute Gasteiger partial charge is 0.266 e. The van der Waals surface area contributed by atoms with Gasteiger partial charge in [0, 0.05) is 5.69 Å². The van der Waals surface area contributed by atoms with Gasteiger partial charge in [-0.25, -0.2) is 0 Å². The predicted octanol–water partition coefficient (Wildman–Crippen LogP) is 6.34. The Kier molecular flexibility index (Phi) is 7.48. The fraction of sp³-hybridized carbons (Fsp3) is 0.154. The van der Waals surface area contributed by atoms with Crippen molar-refractivity contribution >= 4 is 29.3 Å². The van der Waals surface area contributed by atoms with Crippen LogP contribution in [-0.4, -0.2) is 5.91 Å². The Morgan fingerprint density at radius 2 is 1.87 bits per heavy atom. The quantitative estimate of drug-likeness (QED) is 0.351. The fourth-order valence-electron chi connectivity index (χ4n) is 3.02. The van der Waals surface area contributed by atoms with Gasteiger partial charge in [0.2, 0.25) is 0 Å². The van der Waals surface area contributed by atoms with E-state index in [0.29, 0.717) is 28.6 Å². The molecule has 0 aliphatic carbocycles. The van der Waals surface area contributed by atoms with Crippen LogP contribution in [0.4, 0.5) is 5.69 Å². The largest absolute Gasteiger partial charge is 0.487 e. The Morgan fingerprint density at radius 1 is 1.10 bits per heavy atom. The summed E-state index contributed by atoms with van der Waals surface area (Å²) >= 11 is 6.35. The molecular formula is C26H23ClN2O2. The second kappa shape index (κ2) is 10.5. The molecule has 156 valence electrons. The Hall–Kier alpha value is -3.55.